The number of aromatic nitrogens is 1. The van der Waals surface area contributed by atoms with Crippen molar-refractivity contribution in [2.45, 2.75) is 26.8 Å². The number of aryl methyl sites for hydroxylation is 1. The molecule has 1 rings (SSSR count). The zero-order chi connectivity index (χ0) is 12.1. The first-order valence-corrected chi connectivity index (χ1v) is 6.46. The quantitative estimate of drug-likeness (QED) is 0.864. The first-order valence-electron chi connectivity index (χ1n) is 5.34. The van der Waals surface area contributed by atoms with Crippen LogP contribution < -0.4 is 5.32 Å². The summed E-state index contributed by atoms with van der Waals surface area (Å²) in [6, 6.07) is 3.85. The Kier molecular flexibility index (Phi) is 4.93. The van der Waals surface area contributed by atoms with E-state index in [9.17, 15) is 4.79 Å². The number of halogens is 1. The lowest BCUT2D eigenvalue weighted by atomic mass is 10.1. The van der Waals surface area contributed by atoms with Crippen LogP contribution in [-0.2, 0) is 0 Å². The minimum absolute atomic E-state index is 0.101. The second-order valence-corrected chi connectivity index (χ2v) is 4.79. The Balaban J connectivity index is 2.76. The monoisotopic (exact) mass is 284 g/mol. The Morgan fingerprint density at radius 2 is 2.25 bits per heavy atom. The number of nitrogens with one attached hydrogen (secondary N) is 1. The molecule has 0 spiro atoms. The van der Waals surface area contributed by atoms with Crippen LogP contribution in [0.2, 0.25) is 0 Å². The second kappa shape index (κ2) is 5.99. The van der Waals surface area contributed by atoms with Crippen LogP contribution in [0.4, 0.5) is 0 Å². The van der Waals surface area contributed by atoms with E-state index in [4.69, 9.17) is 0 Å². The van der Waals surface area contributed by atoms with Crippen molar-refractivity contribution in [3.05, 3.63) is 29.6 Å². The molecule has 0 aliphatic heterocycles. The van der Waals surface area contributed by atoms with E-state index in [1.165, 1.54) is 0 Å². The van der Waals surface area contributed by atoms with Gasteiger partial charge in [-0.15, -0.1) is 0 Å². The van der Waals surface area contributed by atoms with E-state index in [0.717, 1.165) is 10.9 Å². The van der Waals surface area contributed by atoms with E-state index in [0.29, 0.717) is 11.6 Å². The van der Waals surface area contributed by atoms with Crippen LogP contribution in [0.5, 0.6) is 0 Å². The topological polar surface area (TPSA) is 42.0 Å². The van der Waals surface area contributed by atoms with Crippen molar-refractivity contribution in [3.8, 4) is 0 Å². The molecule has 0 saturated carbocycles. The van der Waals surface area contributed by atoms with Gasteiger partial charge >= 0.3 is 0 Å². The van der Waals surface area contributed by atoms with Crippen molar-refractivity contribution in [2.24, 2.45) is 5.92 Å². The minimum atomic E-state index is -0.101. The molecule has 1 amide bonds. The number of pyridine rings is 1. The third-order valence-electron chi connectivity index (χ3n) is 2.51. The molecule has 0 aliphatic carbocycles. The Hall–Kier alpha value is -0.900. The van der Waals surface area contributed by atoms with Gasteiger partial charge in [0.25, 0.3) is 5.91 Å². The molecule has 1 heterocycles. The Labute approximate surface area is 105 Å². The van der Waals surface area contributed by atoms with Crippen LogP contribution in [0.1, 0.15) is 29.9 Å². The van der Waals surface area contributed by atoms with Gasteiger partial charge in [0.15, 0.2) is 0 Å². The smallest absolute Gasteiger partial charge is 0.270 e. The van der Waals surface area contributed by atoms with Crippen molar-refractivity contribution < 1.29 is 4.79 Å². The lowest BCUT2D eigenvalue weighted by Gasteiger charge is -2.19. The fourth-order valence-electron chi connectivity index (χ4n) is 1.34. The van der Waals surface area contributed by atoms with Crippen molar-refractivity contribution in [2.75, 3.05) is 5.33 Å². The van der Waals surface area contributed by atoms with Gasteiger partial charge in [0.1, 0.15) is 5.69 Å². The molecule has 3 nitrogen and oxygen atoms in total. The predicted octanol–water partition coefficient (Wildman–Crippen LogP) is 2.54. The molecule has 0 radical (unpaired) electrons. The maximum atomic E-state index is 11.9. The highest BCUT2D eigenvalue weighted by atomic mass is 79.9. The Morgan fingerprint density at radius 1 is 1.56 bits per heavy atom. The van der Waals surface area contributed by atoms with Gasteiger partial charge in [-0.05, 0) is 24.5 Å². The SMILES string of the molecule is Cc1cccnc1C(=O)NC(CBr)C(C)C. The van der Waals surface area contributed by atoms with Gasteiger partial charge in [-0.2, -0.15) is 0 Å². The number of hydrogen-bond acceptors (Lipinski definition) is 2. The van der Waals surface area contributed by atoms with Crippen molar-refractivity contribution in [1.82, 2.24) is 10.3 Å². The van der Waals surface area contributed by atoms with Gasteiger partial charge in [-0.3, -0.25) is 9.78 Å². The Morgan fingerprint density at radius 3 is 2.75 bits per heavy atom. The normalized spacial score (nSPS) is 12.6. The molecule has 16 heavy (non-hydrogen) atoms. The summed E-state index contributed by atoms with van der Waals surface area (Å²) in [6.45, 7) is 6.05. The highest BCUT2D eigenvalue weighted by Gasteiger charge is 2.17. The summed E-state index contributed by atoms with van der Waals surface area (Å²) in [5, 5.41) is 3.73. The molecule has 1 atom stereocenters. The molecular weight excluding hydrogens is 268 g/mol. The fourth-order valence-corrected chi connectivity index (χ4v) is 2.25. The first-order chi connectivity index (χ1) is 7.56. The van der Waals surface area contributed by atoms with Gasteiger partial charge in [-0.1, -0.05) is 35.8 Å². The zero-order valence-electron chi connectivity index (χ0n) is 9.83. The molecule has 0 fully saturated rings. The van der Waals surface area contributed by atoms with Crippen LogP contribution in [0.25, 0.3) is 0 Å². The Bertz CT molecular complexity index is 366. The number of hydrogen-bond donors (Lipinski definition) is 1. The first kappa shape index (κ1) is 13.2. The average molecular weight is 285 g/mol. The molecule has 88 valence electrons. The summed E-state index contributed by atoms with van der Waals surface area (Å²) in [5.41, 5.74) is 1.41. The van der Waals surface area contributed by atoms with E-state index in [2.05, 4.69) is 40.1 Å². The molecule has 1 unspecified atom stereocenters. The predicted molar refractivity (Wildman–Crippen MR) is 68.9 cm³/mol. The lowest BCUT2D eigenvalue weighted by molar-refractivity contribution is 0.0926. The van der Waals surface area contributed by atoms with Crippen LogP contribution in [0.3, 0.4) is 0 Å². The summed E-state index contributed by atoms with van der Waals surface area (Å²) in [6.07, 6.45) is 1.64. The summed E-state index contributed by atoms with van der Waals surface area (Å²) in [5.74, 6) is 0.295. The van der Waals surface area contributed by atoms with Gasteiger partial charge < -0.3 is 5.32 Å². The third kappa shape index (κ3) is 3.30. The van der Waals surface area contributed by atoms with E-state index >= 15 is 0 Å². The third-order valence-corrected chi connectivity index (χ3v) is 3.21. The molecule has 4 heteroatoms. The standard InChI is InChI=1S/C12H17BrN2O/c1-8(2)10(7-13)15-12(16)11-9(3)5-4-6-14-11/h4-6,8,10H,7H2,1-3H3,(H,15,16). The number of amides is 1. The molecule has 1 aromatic heterocycles. The largest absolute Gasteiger partial charge is 0.347 e. The number of carbonyl (C=O) groups excluding carboxylic acids is 1. The number of alkyl halides is 1. The highest BCUT2D eigenvalue weighted by Crippen LogP contribution is 2.08. The van der Waals surface area contributed by atoms with E-state index in [1.54, 1.807) is 6.20 Å². The molecule has 1 N–H and O–H groups in total. The van der Waals surface area contributed by atoms with Crippen molar-refractivity contribution in [3.63, 3.8) is 0 Å². The van der Waals surface area contributed by atoms with Crippen molar-refractivity contribution in [1.29, 1.82) is 0 Å². The summed E-state index contributed by atoms with van der Waals surface area (Å²) in [7, 11) is 0. The van der Waals surface area contributed by atoms with E-state index < -0.39 is 0 Å². The number of rotatable bonds is 4. The maximum absolute atomic E-state index is 11.9. The molecule has 0 aliphatic rings. The van der Waals surface area contributed by atoms with Gasteiger partial charge in [0.2, 0.25) is 0 Å². The zero-order valence-corrected chi connectivity index (χ0v) is 11.4. The van der Waals surface area contributed by atoms with Gasteiger partial charge in [-0.25, -0.2) is 0 Å². The molecular formula is C12H17BrN2O. The number of carbonyl (C=O) groups is 1. The summed E-state index contributed by atoms with van der Waals surface area (Å²) < 4.78 is 0. The van der Waals surface area contributed by atoms with E-state index in [1.807, 2.05) is 19.1 Å². The van der Waals surface area contributed by atoms with Crippen LogP contribution in [-0.4, -0.2) is 22.3 Å². The van der Waals surface area contributed by atoms with Crippen LogP contribution in [0, 0.1) is 12.8 Å². The minimum Gasteiger partial charge on any atom is -0.347 e. The fraction of sp³-hybridized carbons (Fsp3) is 0.500. The number of nitrogens with zero attached hydrogens (tertiary/aromatic N) is 1. The molecule has 0 aromatic carbocycles. The summed E-state index contributed by atoms with van der Waals surface area (Å²) >= 11 is 3.40. The van der Waals surface area contributed by atoms with Gasteiger partial charge in [0, 0.05) is 17.6 Å². The second-order valence-electron chi connectivity index (χ2n) is 4.15. The van der Waals surface area contributed by atoms with Gasteiger partial charge in [0.05, 0.1) is 0 Å². The molecule has 0 bridgehead atoms. The maximum Gasteiger partial charge on any atom is 0.270 e. The highest BCUT2D eigenvalue weighted by molar-refractivity contribution is 9.09. The summed E-state index contributed by atoms with van der Waals surface area (Å²) in [4.78, 5) is 16.0. The molecule has 0 saturated heterocycles. The molecule has 1 aromatic rings. The van der Waals surface area contributed by atoms with Crippen LogP contribution in [0.15, 0.2) is 18.3 Å². The lowest BCUT2D eigenvalue weighted by Crippen LogP contribution is -2.40. The van der Waals surface area contributed by atoms with Crippen LogP contribution >= 0.6 is 15.9 Å². The van der Waals surface area contributed by atoms with E-state index in [-0.39, 0.29) is 11.9 Å². The van der Waals surface area contributed by atoms with Crippen molar-refractivity contribution >= 4 is 21.8 Å². The average Bonchev–Trinajstić information content (AvgIpc) is 2.25.